The van der Waals surface area contributed by atoms with E-state index in [2.05, 4.69) is 39.8 Å². The molecule has 1 heteroatoms. The lowest BCUT2D eigenvalue weighted by molar-refractivity contribution is -0.117. The number of aryl methyl sites for hydroxylation is 4. The van der Waals surface area contributed by atoms with Crippen LogP contribution in [0.4, 0.5) is 0 Å². The molecule has 0 bridgehead atoms. The van der Waals surface area contributed by atoms with Crippen LogP contribution in [0.1, 0.15) is 68.5 Å². The Morgan fingerprint density at radius 2 is 1.15 bits per heavy atom. The van der Waals surface area contributed by atoms with Crippen LogP contribution in [0.15, 0.2) is 12.1 Å². The van der Waals surface area contributed by atoms with Gasteiger partial charge in [-0.2, -0.15) is 0 Å². The van der Waals surface area contributed by atoms with Crippen LogP contribution in [0, 0.1) is 27.7 Å². The molecule has 0 aromatic heterocycles. The highest BCUT2D eigenvalue weighted by Crippen LogP contribution is 2.32. The van der Waals surface area contributed by atoms with E-state index in [1.54, 1.807) is 0 Å². The molecule has 0 amide bonds. The molecule has 0 unspecified atom stereocenters. The van der Waals surface area contributed by atoms with E-state index in [4.69, 9.17) is 0 Å². The summed E-state index contributed by atoms with van der Waals surface area (Å²) in [6, 6.07) is 4.67. The van der Waals surface area contributed by atoms with Crippen molar-refractivity contribution in [3.8, 4) is 0 Å². The van der Waals surface area contributed by atoms with Gasteiger partial charge in [-0.3, -0.25) is 4.79 Å². The molecule has 0 spiro atoms. The van der Waals surface area contributed by atoms with Gasteiger partial charge in [0.25, 0.3) is 0 Å². The van der Waals surface area contributed by atoms with Crippen molar-refractivity contribution in [2.45, 2.75) is 79.1 Å². The molecule has 26 heavy (non-hydrogen) atoms. The van der Waals surface area contributed by atoms with E-state index in [0.717, 1.165) is 0 Å². The fraction of sp³-hybridized carbons (Fsp3) is 0.480. The zero-order chi connectivity index (χ0) is 18.4. The number of carbonyl (C=O) groups excluding carboxylic acids is 1. The highest BCUT2D eigenvalue weighted by Gasteiger charge is 2.21. The average Bonchev–Trinajstić information content (AvgIpc) is 3.24. The lowest BCUT2D eigenvalue weighted by Crippen LogP contribution is -2.13. The van der Waals surface area contributed by atoms with E-state index in [1.165, 1.54) is 94.2 Å². The number of hydrogen-bond acceptors (Lipinski definition) is 1. The van der Waals surface area contributed by atoms with Crippen LogP contribution in [0.5, 0.6) is 0 Å². The summed E-state index contributed by atoms with van der Waals surface area (Å²) in [7, 11) is 0. The van der Waals surface area contributed by atoms with Gasteiger partial charge in [-0.15, -0.1) is 0 Å². The summed E-state index contributed by atoms with van der Waals surface area (Å²) in [6.07, 6.45) is 8.48. The van der Waals surface area contributed by atoms with E-state index < -0.39 is 0 Å². The van der Waals surface area contributed by atoms with Crippen molar-refractivity contribution in [3.05, 3.63) is 67.8 Å². The van der Waals surface area contributed by atoms with E-state index in [9.17, 15) is 4.79 Å². The third-order valence-electron chi connectivity index (χ3n) is 6.81. The molecule has 2 aromatic rings. The molecule has 0 aliphatic heterocycles. The van der Waals surface area contributed by atoms with Crippen molar-refractivity contribution >= 4 is 5.78 Å². The van der Waals surface area contributed by atoms with E-state index >= 15 is 0 Å². The van der Waals surface area contributed by atoms with Gasteiger partial charge in [0.2, 0.25) is 0 Å². The molecule has 0 saturated heterocycles. The molecule has 1 nitrogen and oxygen atoms in total. The van der Waals surface area contributed by atoms with Gasteiger partial charge in [0, 0.05) is 12.8 Å². The van der Waals surface area contributed by atoms with Gasteiger partial charge in [0.15, 0.2) is 0 Å². The third-order valence-corrected chi connectivity index (χ3v) is 6.81. The smallest absolute Gasteiger partial charge is 0.141 e. The largest absolute Gasteiger partial charge is 0.299 e. The fourth-order valence-corrected chi connectivity index (χ4v) is 5.36. The summed E-state index contributed by atoms with van der Waals surface area (Å²) >= 11 is 0. The summed E-state index contributed by atoms with van der Waals surface area (Å²) in [5.74, 6) is 0.360. The minimum atomic E-state index is 0.360. The van der Waals surface area contributed by atoms with Crippen LogP contribution in [-0.4, -0.2) is 5.78 Å². The van der Waals surface area contributed by atoms with Crippen molar-refractivity contribution in [2.75, 3.05) is 0 Å². The maximum absolute atomic E-state index is 13.0. The Morgan fingerprint density at radius 3 is 1.58 bits per heavy atom. The average molecular weight is 347 g/mol. The van der Waals surface area contributed by atoms with Crippen LogP contribution < -0.4 is 0 Å². The van der Waals surface area contributed by atoms with Crippen molar-refractivity contribution in [2.24, 2.45) is 0 Å². The number of benzene rings is 2. The zero-order valence-corrected chi connectivity index (χ0v) is 16.7. The van der Waals surface area contributed by atoms with Crippen LogP contribution in [0.3, 0.4) is 0 Å². The third kappa shape index (κ3) is 2.92. The topological polar surface area (TPSA) is 17.1 Å². The minimum Gasteiger partial charge on any atom is -0.299 e. The summed E-state index contributed by atoms with van der Waals surface area (Å²) < 4.78 is 0. The maximum Gasteiger partial charge on any atom is 0.141 e. The molecular weight excluding hydrogens is 316 g/mol. The molecule has 0 fully saturated rings. The number of rotatable bonds is 4. The standard InChI is InChI=1S/C25H30O/c1-15-11-19-7-5-9-22(19)17(3)24(15)13-21(26)14-25-16(2)12-20-8-6-10-23(20)18(25)4/h11-12H,5-10,13-14H2,1-4H3. The normalized spacial score (nSPS) is 15.2. The van der Waals surface area contributed by atoms with Gasteiger partial charge in [0.05, 0.1) is 0 Å². The lowest BCUT2D eigenvalue weighted by atomic mass is 9.88. The van der Waals surface area contributed by atoms with Gasteiger partial charge in [0.1, 0.15) is 5.78 Å². The Balaban J connectivity index is 1.60. The van der Waals surface area contributed by atoms with E-state index in [0.29, 0.717) is 18.6 Å². The molecule has 2 aliphatic rings. The first-order valence-electron chi connectivity index (χ1n) is 10.2. The molecular formula is C25H30O. The lowest BCUT2D eigenvalue weighted by Gasteiger charge is -2.17. The van der Waals surface area contributed by atoms with Crippen LogP contribution in [0.25, 0.3) is 0 Å². The van der Waals surface area contributed by atoms with Crippen molar-refractivity contribution in [3.63, 3.8) is 0 Å². The highest BCUT2D eigenvalue weighted by molar-refractivity contribution is 5.84. The highest BCUT2D eigenvalue weighted by atomic mass is 16.1. The SMILES string of the molecule is Cc1cc2c(c(C)c1CC(=O)Cc1c(C)cc3c(c1C)CCC3)CCC2. The van der Waals surface area contributed by atoms with E-state index in [-0.39, 0.29) is 0 Å². The second-order valence-electron chi connectivity index (χ2n) is 8.47. The minimum absolute atomic E-state index is 0.360. The summed E-state index contributed by atoms with van der Waals surface area (Å²) in [5.41, 5.74) is 14.0. The summed E-state index contributed by atoms with van der Waals surface area (Å²) in [5, 5.41) is 0. The molecule has 4 rings (SSSR count). The number of fused-ring (bicyclic) bond motifs is 2. The molecule has 0 saturated carbocycles. The molecule has 136 valence electrons. The first kappa shape index (κ1) is 17.5. The maximum atomic E-state index is 13.0. The summed E-state index contributed by atoms with van der Waals surface area (Å²) in [4.78, 5) is 13.0. The Hall–Kier alpha value is -1.89. The van der Waals surface area contributed by atoms with Crippen molar-refractivity contribution < 1.29 is 4.79 Å². The Labute approximate surface area is 157 Å². The fourth-order valence-electron chi connectivity index (χ4n) is 5.36. The molecule has 0 heterocycles. The first-order chi connectivity index (χ1) is 12.5. The van der Waals surface area contributed by atoms with Gasteiger partial charge in [-0.05, 0) is 122 Å². The van der Waals surface area contributed by atoms with Crippen LogP contribution in [-0.2, 0) is 43.3 Å². The second-order valence-corrected chi connectivity index (χ2v) is 8.47. The number of carbonyl (C=O) groups is 1. The van der Waals surface area contributed by atoms with Crippen LogP contribution >= 0.6 is 0 Å². The predicted molar refractivity (Wildman–Crippen MR) is 108 cm³/mol. The van der Waals surface area contributed by atoms with E-state index in [1.807, 2.05) is 0 Å². The number of Topliss-reactive ketones (excluding diaryl/α,β-unsaturated/α-hetero) is 1. The van der Waals surface area contributed by atoms with Gasteiger partial charge in [-0.1, -0.05) is 12.1 Å². The predicted octanol–water partition coefficient (Wildman–Crippen LogP) is 5.25. The number of ketones is 1. The van der Waals surface area contributed by atoms with Gasteiger partial charge in [-0.25, -0.2) is 0 Å². The van der Waals surface area contributed by atoms with Crippen LogP contribution in [0.2, 0.25) is 0 Å². The number of hydrogen-bond donors (Lipinski definition) is 0. The molecule has 0 atom stereocenters. The summed E-state index contributed by atoms with van der Waals surface area (Å²) in [6.45, 7) is 8.82. The van der Waals surface area contributed by atoms with Gasteiger partial charge >= 0.3 is 0 Å². The Kier molecular flexibility index (Phi) is 4.50. The zero-order valence-electron chi connectivity index (χ0n) is 16.7. The first-order valence-corrected chi connectivity index (χ1v) is 10.2. The van der Waals surface area contributed by atoms with Crippen molar-refractivity contribution in [1.29, 1.82) is 0 Å². The molecule has 2 aromatic carbocycles. The molecule has 0 N–H and O–H groups in total. The molecule has 0 radical (unpaired) electrons. The van der Waals surface area contributed by atoms with Crippen molar-refractivity contribution in [1.82, 2.24) is 0 Å². The quantitative estimate of drug-likeness (QED) is 0.739. The Bertz CT molecular complexity index is 828. The second kappa shape index (κ2) is 6.68. The molecule has 2 aliphatic carbocycles. The monoisotopic (exact) mass is 346 g/mol. The Morgan fingerprint density at radius 1 is 0.731 bits per heavy atom. The van der Waals surface area contributed by atoms with Gasteiger partial charge < -0.3 is 0 Å².